The molecule has 10 heavy (non-hydrogen) atoms. The summed E-state index contributed by atoms with van der Waals surface area (Å²) in [5, 5.41) is 0. The maximum atomic E-state index is 11.3. The predicted octanol–water partition coefficient (Wildman–Crippen LogP) is 1.25. The predicted molar refractivity (Wildman–Crippen MR) is 38.8 cm³/mol. The van der Waals surface area contributed by atoms with Crippen LogP contribution in [-0.2, 0) is 9.53 Å². The first kappa shape index (κ1) is 7.73. The highest BCUT2D eigenvalue weighted by Crippen LogP contribution is 2.16. The highest BCUT2D eigenvalue weighted by Gasteiger charge is 2.24. The number of rotatable bonds is 2. The SMILES string of the molecule is CC(C)C(=O)[C@H]1CCOC1. The van der Waals surface area contributed by atoms with Crippen LogP contribution in [0, 0.1) is 11.8 Å². The van der Waals surface area contributed by atoms with Gasteiger partial charge in [-0.05, 0) is 6.42 Å². The van der Waals surface area contributed by atoms with Gasteiger partial charge in [-0.25, -0.2) is 0 Å². The number of hydrogen-bond donors (Lipinski definition) is 0. The molecule has 0 spiro atoms. The smallest absolute Gasteiger partial charge is 0.140 e. The summed E-state index contributed by atoms with van der Waals surface area (Å²) in [5.41, 5.74) is 0. The Bertz CT molecular complexity index is 123. The summed E-state index contributed by atoms with van der Waals surface area (Å²) in [6, 6.07) is 0. The second-order valence-electron chi connectivity index (χ2n) is 3.12. The van der Waals surface area contributed by atoms with Crippen LogP contribution in [0.15, 0.2) is 0 Å². The van der Waals surface area contributed by atoms with Gasteiger partial charge in [0.25, 0.3) is 0 Å². The largest absolute Gasteiger partial charge is 0.381 e. The van der Waals surface area contributed by atoms with Crippen molar-refractivity contribution in [3.05, 3.63) is 0 Å². The van der Waals surface area contributed by atoms with Crippen LogP contribution in [0.25, 0.3) is 0 Å². The van der Waals surface area contributed by atoms with Crippen LogP contribution in [0.2, 0.25) is 0 Å². The summed E-state index contributed by atoms with van der Waals surface area (Å²) in [6.45, 7) is 5.31. The van der Waals surface area contributed by atoms with Gasteiger partial charge in [0.05, 0.1) is 6.61 Å². The molecule has 1 atom stereocenters. The first-order valence-electron chi connectivity index (χ1n) is 3.83. The van der Waals surface area contributed by atoms with E-state index in [1.807, 2.05) is 13.8 Å². The number of Topliss-reactive ketones (excluding diaryl/α,β-unsaturated/α-hetero) is 1. The van der Waals surface area contributed by atoms with Crippen molar-refractivity contribution in [1.82, 2.24) is 0 Å². The molecule has 1 saturated heterocycles. The molecule has 1 heterocycles. The van der Waals surface area contributed by atoms with Crippen LogP contribution in [0.3, 0.4) is 0 Å². The molecule has 0 bridgehead atoms. The van der Waals surface area contributed by atoms with Crippen LogP contribution in [-0.4, -0.2) is 19.0 Å². The Labute approximate surface area is 61.6 Å². The van der Waals surface area contributed by atoms with Crippen molar-refractivity contribution in [1.29, 1.82) is 0 Å². The second-order valence-corrected chi connectivity index (χ2v) is 3.12. The zero-order valence-corrected chi connectivity index (χ0v) is 6.59. The van der Waals surface area contributed by atoms with E-state index >= 15 is 0 Å². The summed E-state index contributed by atoms with van der Waals surface area (Å²) < 4.78 is 5.11. The normalized spacial score (nSPS) is 25.7. The average molecular weight is 142 g/mol. The molecular weight excluding hydrogens is 128 g/mol. The van der Waals surface area contributed by atoms with E-state index in [-0.39, 0.29) is 11.8 Å². The fourth-order valence-corrected chi connectivity index (χ4v) is 1.23. The Kier molecular flexibility index (Phi) is 2.44. The van der Waals surface area contributed by atoms with Crippen molar-refractivity contribution in [2.75, 3.05) is 13.2 Å². The molecular formula is C8H14O2. The Morgan fingerprint density at radius 2 is 2.30 bits per heavy atom. The van der Waals surface area contributed by atoms with Crippen molar-refractivity contribution in [2.24, 2.45) is 11.8 Å². The van der Waals surface area contributed by atoms with Crippen LogP contribution in [0.4, 0.5) is 0 Å². The Morgan fingerprint density at radius 1 is 1.60 bits per heavy atom. The standard InChI is InChI=1S/C8H14O2/c1-6(2)8(9)7-3-4-10-5-7/h6-7H,3-5H2,1-2H3/t7-/m0/s1. The van der Waals surface area contributed by atoms with E-state index in [9.17, 15) is 4.79 Å². The quantitative estimate of drug-likeness (QED) is 0.580. The third-order valence-electron chi connectivity index (χ3n) is 1.90. The molecule has 0 N–H and O–H groups in total. The molecule has 1 fully saturated rings. The first-order chi connectivity index (χ1) is 4.72. The summed E-state index contributed by atoms with van der Waals surface area (Å²) >= 11 is 0. The topological polar surface area (TPSA) is 26.3 Å². The molecule has 58 valence electrons. The van der Waals surface area contributed by atoms with Gasteiger partial charge in [-0.3, -0.25) is 4.79 Å². The number of hydrogen-bond acceptors (Lipinski definition) is 2. The lowest BCUT2D eigenvalue weighted by atomic mass is 9.95. The first-order valence-corrected chi connectivity index (χ1v) is 3.83. The van der Waals surface area contributed by atoms with E-state index in [4.69, 9.17) is 4.74 Å². The Balaban J connectivity index is 2.40. The molecule has 0 radical (unpaired) electrons. The molecule has 0 amide bonds. The Hall–Kier alpha value is -0.370. The highest BCUT2D eigenvalue weighted by molar-refractivity contribution is 5.83. The summed E-state index contributed by atoms with van der Waals surface area (Å²) in [6.07, 6.45) is 0.928. The highest BCUT2D eigenvalue weighted by atomic mass is 16.5. The van der Waals surface area contributed by atoms with Crippen molar-refractivity contribution in [3.63, 3.8) is 0 Å². The summed E-state index contributed by atoms with van der Waals surface area (Å²) in [4.78, 5) is 11.3. The maximum absolute atomic E-state index is 11.3. The molecule has 0 aromatic heterocycles. The molecule has 0 aromatic rings. The number of ether oxygens (including phenoxy) is 1. The molecule has 2 heteroatoms. The molecule has 1 rings (SSSR count). The van der Waals surface area contributed by atoms with Crippen molar-refractivity contribution < 1.29 is 9.53 Å². The van der Waals surface area contributed by atoms with Gasteiger partial charge in [-0.2, -0.15) is 0 Å². The summed E-state index contributed by atoms with van der Waals surface area (Å²) in [5.74, 6) is 0.726. The van der Waals surface area contributed by atoms with E-state index in [0.29, 0.717) is 12.4 Å². The van der Waals surface area contributed by atoms with Gasteiger partial charge in [-0.15, -0.1) is 0 Å². The van der Waals surface area contributed by atoms with Crippen molar-refractivity contribution in [2.45, 2.75) is 20.3 Å². The lowest BCUT2D eigenvalue weighted by Gasteiger charge is -2.08. The van der Waals surface area contributed by atoms with Crippen molar-refractivity contribution in [3.8, 4) is 0 Å². The minimum Gasteiger partial charge on any atom is -0.381 e. The number of carbonyl (C=O) groups excluding carboxylic acids is 1. The number of ketones is 1. The molecule has 0 aromatic carbocycles. The van der Waals surface area contributed by atoms with E-state index in [1.165, 1.54) is 0 Å². The zero-order chi connectivity index (χ0) is 7.56. The van der Waals surface area contributed by atoms with E-state index in [2.05, 4.69) is 0 Å². The van der Waals surface area contributed by atoms with Gasteiger partial charge in [-0.1, -0.05) is 13.8 Å². The molecule has 2 nitrogen and oxygen atoms in total. The van der Waals surface area contributed by atoms with Gasteiger partial charge in [0.15, 0.2) is 0 Å². The third kappa shape index (κ3) is 1.57. The molecule has 0 saturated carbocycles. The van der Waals surface area contributed by atoms with Crippen LogP contribution < -0.4 is 0 Å². The lowest BCUT2D eigenvalue weighted by Crippen LogP contribution is -2.19. The van der Waals surface area contributed by atoms with Crippen LogP contribution in [0.5, 0.6) is 0 Å². The average Bonchev–Trinajstić information content (AvgIpc) is 2.36. The van der Waals surface area contributed by atoms with E-state index in [0.717, 1.165) is 13.0 Å². The van der Waals surface area contributed by atoms with Gasteiger partial charge < -0.3 is 4.74 Å². The van der Waals surface area contributed by atoms with Gasteiger partial charge in [0.2, 0.25) is 0 Å². The molecule has 1 aliphatic rings. The van der Waals surface area contributed by atoms with E-state index in [1.54, 1.807) is 0 Å². The third-order valence-corrected chi connectivity index (χ3v) is 1.90. The van der Waals surface area contributed by atoms with Crippen LogP contribution in [0.1, 0.15) is 20.3 Å². The lowest BCUT2D eigenvalue weighted by molar-refractivity contribution is -0.125. The zero-order valence-electron chi connectivity index (χ0n) is 6.59. The Morgan fingerprint density at radius 3 is 2.70 bits per heavy atom. The number of carbonyl (C=O) groups is 1. The van der Waals surface area contributed by atoms with Gasteiger partial charge in [0, 0.05) is 18.4 Å². The summed E-state index contributed by atoms with van der Waals surface area (Å²) in [7, 11) is 0. The maximum Gasteiger partial charge on any atom is 0.140 e. The minimum absolute atomic E-state index is 0.173. The molecule has 0 aliphatic carbocycles. The van der Waals surface area contributed by atoms with E-state index < -0.39 is 0 Å². The second kappa shape index (κ2) is 3.15. The molecule has 1 aliphatic heterocycles. The minimum atomic E-state index is 0.173. The van der Waals surface area contributed by atoms with Gasteiger partial charge >= 0.3 is 0 Å². The fourth-order valence-electron chi connectivity index (χ4n) is 1.23. The monoisotopic (exact) mass is 142 g/mol. The van der Waals surface area contributed by atoms with Crippen molar-refractivity contribution >= 4 is 5.78 Å². The van der Waals surface area contributed by atoms with Gasteiger partial charge in [0.1, 0.15) is 5.78 Å². The molecule has 0 unspecified atom stereocenters. The van der Waals surface area contributed by atoms with Crippen LogP contribution >= 0.6 is 0 Å². The fraction of sp³-hybridized carbons (Fsp3) is 0.875.